The number of hydrogen-bond acceptors (Lipinski definition) is 6. The second-order valence-corrected chi connectivity index (χ2v) is 2.30. The van der Waals surface area contributed by atoms with E-state index in [-0.39, 0.29) is 5.75 Å². The second-order valence-electron chi connectivity index (χ2n) is 1.36. The van der Waals surface area contributed by atoms with Crippen LogP contribution < -0.4 is 0 Å². The predicted molar refractivity (Wildman–Crippen MR) is 27.3 cm³/mol. The van der Waals surface area contributed by atoms with Gasteiger partial charge in [0.2, 0.25) is 0 Å². The van der Waals surface area contributed by atoms with E-state index >= 15 is 0 Å². The molecule has 1 aliphatic rings. The van der Waals surface area contributed by atoms with Gasteiger partial charge in [0.25, 0.3) is 0 Å². The Morgan fingerprint density at radius 2 is 2.00 bits per heavy atom. The molecule has 0 radical (unpaired) electrons. The fourth-order valence-corrected chi connectivity index (χ4v) is 0.754. The Morgan fingerprint density at radius 3 is 2.44 bits per heavy atom. The molecule has 1 atom stereocenters. The third-order valence-electron chi connectivity index (χ3n) is 0.695. The molecule has 1 heterocycles. The van der Waals surface area contributed by atoms with Crippen LogP contribution in [0.25, 0.3) is 0 Å². The van der Waals surface area contributed by atoms with Crippen molar-refractivity contribution in [1.82, 2.24) is 0 Å². The van der Waals surface area contributed by atoms with Crippen LogP contribution in [-0.2, 0) is 11.1 Å². The summed E-state index contributed by atoms with van der Waals surface area (Å²) in [5.74, 6) is -0.132. The van der Waals surface area contributed by atoms with E-state index in [2.05, 4.69) is 20.7 Å². The predicted octanol–water partition coefficient (Wildman–Crippen LogP) is 0.0246. The molecule has 0 aromatic rings. The van der Waals surface area contributed by atoms with Gasteiger partial charge in [-0.3, -0.25) is 4.21 Å². The summed E-state index contributed by atoms with van der Waals surface area (Å²) in [6, 6.07) is 0. The summed E-state index contributed by atoms with van der Waals surface area (Å²) in [7, 11) is 0. The van der Waals surface area contributed by atoms with Gasteiger partial charge < -0.3 is 4.55 Å². The zero-order valence-electron chi connectivity index (χ0n) is 4.30. The van der Waals surface area contributed by atoms with Crippen LogP contribution in [0.3, 0.4) is 0 Å². The smallest absolute Gasteiger partial charge is 0.195 e. The first kappa shape index (κ1) is 6.43. The first-order valence-electron chi connectivity index (χ1n) is 2.15. The third kappa shape index (κ3) is 1.94. The molecule has 0 saturated heterocycles. The van der Waals surface area contributed by atoms with Gasteiger partial charge in [0.15, 0.2) is 6.17 Å². The zero-order valence-corrected chi connectivity index (χ0v) is 5.11. The summed E-state index contributed by atoms with van der Waals surface area (Å²) in [5, 5.41) is 13.0. The minimum Gasteiger partial charge on any atom is -0.772 e. The lowest BCUT2D eigenvalue weighted by molar-refractivity contribution is 0.531. The van der Waals surface area contributed by atoms with E-state index in [4.69, 9.17) is 0 Å². The van der Waals surface area contributed by atoms with Gasteiger partial charge in [0.05, 0.1) is 5.75 Å². The first-order chi connectivity index (χ1) is 4.29. The van der Waals surface area contributed by atoms with E-state index in [1.807, 2.05) is 0 Å². The SMILES string of the molecule is O=S([O-])CC1N=NN=N1. The number of nitrogens with zero attached hydrogens (tertiary/aromatic N) is 4. The van der Waals surface area contributed by atoms with Gasteiger partial charge in [-0.05, 0) is 10.4 Å². The summed E-state index contributed by atoms with van der Waals surface area (Å²) in [6.45, 7) is 0. The molecule has 1 unspecified atom stereocenters. The maximum absolute atomic E-state index is 9.95. The van der Waals surface area contributed by atoms with Crippen molar-refractivity contribution in [3.05, 3.63) is 0 Å². The Bertz CT molecular complexity index is 165. The molecule has 9 heavy (non-hydrogen) atoms. The van der Waals surface area contributed by atoms with Gasteiger partial charge >= 0.3 is 0 Å². The van der Waals surface area contributed by atoms with Crippen molar-refractivity contribution in [1.29, 1.82) is 0 Å². The maximum atomic E-state index is 9.95. The van der Waals surface area contributed by atoms with Crippen LogP contribution >= 0.6 is 0 Å². The summed E-state index contributed by atoms with van der Waals surface area (Å²) in [5.41, 5.74) is 0. The Balaban J connectivity index is 2.37. The number of rotatable bonds is 2. The van der Waals surface area contributed by atoms with Crippen molar-refractivity contribution in [3.63, 3.8) is 0 Å². The van der Waals surface area contributed by atoms with Crippen LogP contribution in [0.4, 0.5) is 0 Å². The normalized spacial score (nSPS) is 21.0. The van der Waals surface area contributed by atoms with Gasteiger partial charge in [-0.25, -0.2) is 0 Å². The molecule has 0 saturated carbocycles. The lowest BCUT2D eigenvalue weighted by Gasteiger charge is -2.02. The third-order valence-corrected chi connectivity index (χ3v) is 1.27. The summed E-state index contributed by atoms with van der Waals surface area (Å²) >= 11 is -2.11. The zero-order chi connectivity index (χ0) is 6.69. The fraction of sp³-hybridized carbons (Fsp3) is 1.00. The summed E-state index contributed by atoms with van der Waals surface area (Å²) < 4.78 is 19.9. The lowest BCUT2D eigenvalue weighted by atomic mass is 10.6. The molecule has 50 valence electrons. The van der Waals surface area contributed by atoms with Crippen LogP contribution in [0.5, 0.6) is 0 Å². The first-order valence-corrected chi connectivity index (χ1v) is 3.39. The highest BCUT2D eigenvalue weighted by molar-refractivity contribution is 7.79. The van der Waals surface area contributed by atoms with Crippen LogP contribution in [-0.4, -0.2) is 20.7 Å². The van der Waals surface area contributed by atoms with Crippen LogP contribution in [0.1, 0.15) is 0 Å². The monoisotopic (exact) mass is 147 g/mol. The molecule has 0 spiro atoms. The van der Waals surface area contributed by atoms with Gasteiger partial charge in [0, 0.05) is 0 Å². The van der Waals surface area contributed by atoms with Crippen molar-refractivity contribution < 1.29 is 8.76 Å². The molecule has 0 aliphatic carbocycles. The maximum Gasteiger partial charge on any atom is 0.195 e. The largest absolute Gasteiger partial charge is 0.772 e. The van der Waals surface area contributed by atoms with Crippen molar-refractivity contribution in [2.24, 2.45) is 20.7 Å². The molecule has 1 aliphatic heterocycles. The molecule has 0 fully saturated rings. The molecule has 7 heteroatoms. The van der Waals surface area contributed by atoms with E-state index < -0.39 is 17.2 Å². The Morgan fingerprint density at radius 1 is 1.44 bits per heavy atom. The fourth-order valence-electron chi connectivity index (χ4n) is 0.377. The van der Waals surface area contributed by atoms with Gasteiger partial charge in [0.1, 0.15) is 0 Å². The summed E-state index contributed by atoms with van der Waals surface area (Å²) in [4.78, 5) is 0. The molecular weight excluding hydrogens is 144 g/mol. The molecule has 0 bridgehead atoms. The van der Waals surface area contributed by atoms with E-state index in [1.165, 1.54) is 0 Å². The molecule has 0 aromatic carbocycles. The van der Waals surface area contributed by atoms with Crippen molar-refractivity contribution in [2.75, 3.05) is 5.75 Å². The molecule has 0 amide bonds. The van der Waals surface area contributed by atoms with Crippen LogP contribution in [0.15, 0.2) is 20.7 Å². The van der Waals surface area contributed by atoms with Crippen LogP contribution in [0.2, 0.25) is 0 Å². The Hall–Kier alpha value is -0.690. The number of hydrogen-bond donors (Lipinski definition) is 0. The van der Waals surface area contributed by atoms with Crippen molar-refractivity contribution >= 4 is 11.1 Å². The Kier molecular flexibility index (Phi) is 1.96. The molecule has 6 nitrogen and oxygen atoms in total. The topological polar surface area (TPSA) is 89.6 Å². The van der Waals surface area contributed by atoms with Gasteiger partial charge in [-0.1, -0.05) is 11.1 Å². The van der Waals surface area contributed by atoms with Crippen LogP contribution in [0, 0.1) is 0 Å². The molecule has 0 aromatic heterocycles. The molecule has 1 rings (SSSR count). The molecular formula is C2H3N4O2S-. The highest BCUT2D eigenvalue weighted by atomic mass is 32.2. The van der Waals surface area contributed by atoms with Crippen molar-refractivity contribution in [3.8, 4) is 0 Å². The van der Waals surface area contributed by atoms with E-state index in [1.54, 1.807) is 0 Å². The van der Waals surface area contributed by atoms with E-state index in [0.717, 1.165) is 0 Å². The Labute approximate surface area is 53.3 Å². The highest BCUT2D eigenvalue weighted by Crippen LogP contribution is 2.04. The van der Waals surface area contributed by atoms with E-state index in [9.17, 15) is 8.76 Å². The lowest BCUT2D eigenvalue weighted by Crippen LogP contribution is -2.08. The standard InChI is InChI=1S/C2H4N4O2S/c7-9(8)1-2-3-5-6-4-2/h2H,1H2,(H,7,8)/p-1. The minimum atomic E-state index is -2.11. The highest BCUT2D eigenvalue weighted by Gasteiger charge is 2.07. The quantitative estimate of drug-likeness (QED) is 0.515. The minimum absolute atomic E-state index is 0.132. The second kappa shape index (κ2) is 2.74. The average Bonchev–Trinajstić information content (AvgIpc) is 2.15. The average molecular weight is 147 g/mol. The van der Waals surface area contributed by atoms with Crippen molar-refractivity contribution in [2.45, 2.75) is 6.17 Å². The van der Waals surface area contributed by atoms with Gasteiger partial charge in [-0.15, -0.1) is 10.2 Å². The van der Waals surface area contributed by atoms with E-state index in [0.29, 0.717) is 0 Å². The van der Waals surface area contributed by atoms with Gasteiger partial charge in [-0.2, -0.15) is 0 Å². The molecule has 0 N–H and O–H groups in total. The summed E-state index contributed by atoms with van der Waals surface area (Å²) in [6.07, 6.45) is -0.608.